The highest BCUT2D eigenvalue weighted by atomic mass is 16.5. The van der Waals surface area contributed by atoms with E-state index >= 15 is 0 Å². The zero-order valence-electron chi connectivity index (χ0n) is 11.7. The molecule has 0 saturated carbocycles. The van der Waals surface area contributed by atoms with E-state index in [1.807, 2.05) is 0 Å². The third kappa shape index (κ3) is 4.28. The normalized spacial score (nSPS) is 25.3. The van der Waals surface area contributed by atoms with Gasteiger partial charge in [0, 0.05) is 17.1 Å². The number of hydrogen-bond acceptors (Lipinski definition) is 4. The lowest BCUT2D eigenvalue weighted by Crippen LogP contribution is -2.60. The third-order valence-electron chi connectivity index (χ3n) is 3.46. The van der Waals surface area contributed by atoms with E-state index in [1.54, 1.807) is 0 Å². The van der Waals surface area contributed by atoms with Crippen molar-refractivity contribution in [3.8, 4) is 0 Å². The van der Waals surface area contributed by atoms with Crippen LogP contribution >= 0.6 is 0 Å². The van der Waals surface area contributed by atoms with Crippen LogP contribution in [0.3, 0.4) is 0 Å². The van der Waals surface area contributed by atoms with E-state index in [2.05, 4.69) is 37.7 Å². The fourth-order valence-corrected chi connectivity index (χ4v) is 3.15. The van der Waals surface area contributed by atoms with Crippen LogP contribution in [0.1, 0.15) is 47.0 Å². The maximum Gasteiger partial charge on any atom is 0.307 e. The number of carbonyl (C=O) groups is 1. The molecule has 0 aromatic heterocycles. The van der Waals surface area contributed by atoms with Crippen molar-refractivity contribution in [3.63, 3.8) is 0 Å². The summed E-state index contributed by atoms with van der Waals surface area (Å²) < 4.78 is 4.68. The Morgan fingerprint density at radius 1 is 1.35 bits per heavy atom. The lowest BCUT2D eigenvalue weighted by Gasteiger charge is -2.48. The van der Waals surface area contributed by atoms with Crippen LogP contribution in [-0.4, -0.2) is 30.2 Å². The van der Waals surface area contributed by atoms with E-state index in [0.717, 1.165) is 12.8 Å². The second kappa shape index (κ2) is 4.94. The van der Waals surface area contributed by atoms with Gasteiger partial charge in [-0.25, -0.2) is 0 Å². The van der Waals surface area contributed by atoms with Crippen LogP contribution in [0.5, 0.6) is 0 Å². The van der Waals surface area contributed by atoms with Crippen molar-refractivity contribution >= 4 is 5.97 Å². The highest BCUT2D eigenvalue weighted by Gasteiger charge is 2.40. The van der Waals surface area contributed by atoms with Gasteiger partial charge in [-0.2, -0.15) is 0 Å². The molecule has 0 aliphatic carbocycles. The maximum absolute atomic E-state index is 11.3. The smallest absolute Gasteiger partial charge is 0.307 e. The first-order chi connectivity index (χ1) is 7.65. The number of nitrogens with one attached hydrogen (secondary N) is 1. The minimum atomic E-state index is -0.216. The van der Waals surface area contributed by atoms with E-state index in [-0.39, 0.29) is 23.1 Å². The average Bonchev–Trinajstić information content (AvgIpc) is 2.12. The van der Waals surface area contributed by atoms with E-state index in [4.69, 9.17) is 5.73 Å². The Balaban J connectivity index is 2.67. The van der Waals surface area contributed by atoms with Crippen molar-refractivity contribution in [2.75, 3.05) is 7.11 Å². The molecule has 17 heavy (non-hydrogen) atoms. The summed E-state index contributed by atoms with van der Waals surface area (Å²) in [4.78, 5) is 11.3. The van der Waals surface area contributed by atoms with Gasteiger partial charge in [-0.05, 0) is 46.5 Å². The van der Waals surface area contributed by atoms with Gasteiger partial charge in [0.05, 0.1) is 13.5 Å². The molecule has 0 aromatic rings. The molecule has 4 heteroatoms. The Morgan fingerprint density at radius 3 is 2.24 bits per heavy atom. The number of esters is 1. The quantitative estimate of drug-likeness (QED) is 0.735. The standard InChI is InChI=1S/C13H26N2O2/c1-12(2)7-9(8-13(3,4)15-12)10(14)6-11(16)17-5/h9-10,15H,6-8,14H2,1-5H3. The van der Waals surface area contributed by atoms with E-state index in [0.29, 0.717) is 12.3 Å². The summed E-state index contributed by atoms with van der Waals surface area (Å²) >= 11 is 0. The fourth-order valence-electron chi connectivity index (χ4n) is 3.15. The molecule has 1 fully saturated rings. The molecule has 100 valence electrons. The van der Waals surface area contributed by atoms with Crippen molar-refractivity contribution in [1.29, 1.82) is 0 Å². The Morgan fingerprint density at radius 2 is 1.82 bits per heavy atom. The first-order valence-electron chi connectivity index (χ1n) is 6.27. The van der Waals surface area contributed by atoms with Crippen LogP contribution in [0.15, 0.2) is 0 Å². The summed E-state index contributed by atoms with van der Waals surface area (Å²) in [5, 5.41) is 3.61. The zero-order chi connectivity index (χ0) is 13.3. The molecule has 1 rings (SSSR count). The Hall–Kier alpha value is -0.610. The summed E-state index contributed by atoms with van der Waals surface area (Å²) in [6, 6.07) is -0.108. The molecular formula is C13H26N2O2. The predicted molar refractivity (Wildman–Crippen MR) is 68.6 cm³/mol. The van der Waals surface area contributed by atoms with E-state index in [9.17, 15) is 4.79 Å². The molecule has 1 heterocycles. The third-order valence-corrected chi connectivity index (χ3v) is 3.46. The zero-order valence-corrected chi connectivity index (χ0v) is 11.7. The second-order valence-electron chi connectivity index (χ2n) is 6.51. The molecule has 0 spiro atoms. The molecular weight excluding hydrogens is 216 g/mol. The SMILES string of the molecule is COC(=O)CC(N)C1CC(C)(C)NC(C)(C)C1. The van der Waals surface area contributed by atoms with Crippen molar-refractivity contribution in [1.82, 2.24) is 5.32 Å². The number of nitrogens with two attached hydrogens (primary N) is 1. The number of carbonyl (C=O) groups excluding carboxylic acids is 1. The minimum absolute atomic E-state index is 0.0696. The number of methoxy groups -OCH3 is 1. The molecule has 1 aliphatic rings. The van der Waals surface area contributed by atoms with Crippen molar-refractivity contribution in [2.24, 2.45) is 11.7 Å². The van der Waals surface area contributed by atoms with Gasteiger partial charge in [-0.1, -0.05) is 0 Å². The molecule has 1 saturated heterocycles. The molecule has 0 bridgehead atoms. The van der Waals surface area contributed by atoms with Crippen LogP contribution in [0.4, 0.5) is 0 Å². The summed E-state index contributed by atoms with van der Waals surface area (Å²) in [7, 11) is 1.41. The Kier molecular flexibility index (Phi) is 4.20. The van der Waals surface area contributed by atoms with Crippen LogP contribution in [0.2, 0.25) is 0 Å². The highest BCUT2D eigenvalue weighted by molar-refractivity contribution is 5.69. The molecule has 0 radical (unpaired) electrons. The molecule has 1 atom stereocenters. The van der Waals surface area contributed by atoms with Gasteiger partial charge in [0.2, 0.25) is 0 Å². The molecule has 1 aliphatic heterocycles. The average molecular weight is 242 g/mol. The summed E-state index contributed by atoms with van der Waals surface area (Å²) in [6.45, 7) is 8.75. The molecule has 0 aromatic carbocycles. The molecule has 3 N–H and O–H groups in total. The van der Waals surface area contributed by atoms with Crippen molar-refractivity contribution < 1.29 is 9.53 Å². The summed E-state index contributed by atoms with van der Waals surface area (Å²) in [5.41, 5.74) is 6.28. The maximum atomic E-state index is 11.3. The monoisotopic (exact) mass is 242 g/mol. The largest absolute Gasteiger partial charge is 0.469 e. The van der Waals surface area contributed by atoms with Gasteiger partial charge in [0.15, 0.2) is 0 Å². The summed E-state index contributed by atoms with van der Waals surface area (Å²) in [5.74, 6) is 0.145. The minimum Gasteiger partial charge on any atom is -0.469 e. The van der Waals surface area contributed by atoms with Gasteiger partial charge in [0.25, 0.3) is 0 Å². The van der Waals surface area contributed by atoms with Crippen LogP contribution in [-0.2, 0) is 9.53 Å². The van der Waals surface area contributed by atoms with E-state index < -0.39 is 0 Å². The van der Waals surface area contributed by atoms with Crippen LogP contribution in [0.25, 0.3) is 0 Å². The van der Waals surface area contributed by atoms with Crippen LogP contribution in [0, 0.1) is 5.92 Å². The Bertz CT molecular complexity index is 271. The van der Waals surface area contributed by atoms with Gasteiger partial charge < -0.3 is 15.8 Å². The van der Waals surface area contributed by atoms with Gasteiger partial charge in [-0.3, -0.25) is 4.79 Å². The van der Waals surface area contributed by atoms with E-state index in [1.165, 1.54) is 7.11 Å². The molecule has 1 unspecified atom stereocenters. The van der Waals surface area contributed by atoms with Crippen LogP contribution < -0.4 is 11.1 Å². The predicted octanol–water partition coefficient (Wildman–Crippen LogP) is 1.43. The first kappa shape index (κ1) is 14.5. The lowest BCUT2D eigenvalue weighted by molar-refractivity contribution is -0.141. The topological polar surface area (TPSA) is 64.3 Å². The van der Waals surface area contributed by atoms with Gasteiger partial charge in [-0.15, -0.1) is 0 Å². The Labute approximate surface area is 104 Å². The number of hydrogen-bond donors (Lipinski definition) is 2. The number of piperidine rings is 1. The van der Waals surface area contributed by atoms with Crippen molar-refractivity contribution in [3.05, 3.63) is 0 Å². The second-order valence-corrected chi connectivity index (χ2v) is 6.51. The first-order valence-corrected chi connectivity index (χ1v) is 6.27. The molecule has 4 nitrogen and oxygen atoms in total. The molecule has 0 amide bonds. The lowest BCUT2D eigenvalue weighted by atomic mass is 9.72. The number of ether oxygens (including phenoxy) is 1. The summed E-state index contributed by atoms with van der Waals surface area (Å²) in [6.07, 6.45) is 2.30. The van der Waals surface area contributed by atoms with Gasteiger partial charge >= 0.3 is 5.97 Å². The fraction of sp³-hybridized carbons (Fsp3) is 0.923. The van der Waals surface area contributed by atoms with Crippen molar-refractivity contribution in [2.45, 2.75) is 64.1 Å². The van der Waals surface area contributed by atoms with Gasteiger partial charge in [0.1, 0.15) is 0 Å². The number of rotatable bonds is 3. The highest BCUT2D eigenvalue weighted by Crippen LogP contribution is 2.34.